The number of rotatable bonds is 3. The van der Waals surface area contributed by atoms with Crippen LogP contribution in [-0.4, -0.2) is 43.7 Å². The molecule has 2 bridgehead atoms. The highest BCUT2D eigenvalue weighted by Gasteiger charge is 2.63. The Labute approximate surface area is 117 Å². The number of nitrogens with zero attached hydrogens (tertiary/aromatic N) is 1. The van der Waals surface area contributed by atoms with Crippen molar-refractivity contribution in [1.29, 1.82) is 0 Å². The first-order valence-electron chi connectivity index (χ1n) is 7.52. The smallest absolute Gasteiger partial charge is 0.364 e. The summed E-state index contributed by atoms with van der Waals surface area (Å²) < 4.78 is 6.54. The summed E-state index contributed by atoms with van der Waals surface area (Å²) in [7, 11) is 6.12. The summed E-state index contributed by atoms with van der Waals surface area (Å²) in [4.78, 5) is 12.3. The van der Waals surface area contributed by atoms with Gasteiger partial charge in [-0.2, -0.15) is 0 Å². The Bertz CT molecular complexity index is 383. The molecule has 0 heterocycles. The number of esters is 1. The lowest BCUT2D eigenvalue weighted by molar-refractivity contribution is -0.885. The fraction of sp³-hybridized carbons (Fsp3) is 0.938. The third-order valence-electron chi connectivity index (χ3n) is 6.48. The average Bonchev–Trinajstić information content (AvgIpc) is 2.59. The highest BCUT2D eigenvalue weighted by atomic mass is 16.5. The van der Waals surface area contributed by atoms with Crippen LogP contribution in [0.2, 0.25) is 0 Å². The van der Waals surface area contributed by atoms with Gasteiger partial charge in [0.05, 0.1) is 21.1 Å². The standard InChI is InChI=1S/C16H30NO2/c1-11(17(5,6)7)14(18)19-13-10-12-8-9-16(13,4)15(12,2)3/h11-13H,8-10H2,1-7H3/q+1/t11-,12+,13-,16+/m1/s1. The van der Waals surface area contributed by atoms with Gasteiger partial charge < -0.3 is 9.22 Å². The maximum absolute atomic E-state index is 12.3. The Morgan fingerprint density at radius 3 is 2.21 bits per heavy atom. The first kappa shape index (κ1) is 14.8. The van der Waals surface area contributed by atoms with Gasteiger partial charge in [0, 0.05) is 5.41 Å². The van der Waals surface area contributed by atoms with Gasteiger partial charge in [-0.15, -0.1) is 0 Å². The molecule has 3 heteroatoms. The summed E-state index contributed by atoms with van der Waals surface area (Å²) in [6.45, 7) is 8.97. The van der Waals surface area contributed by atoms with Crippen molar-refractivity contribution in [3.63, 3.8) is 0 Å². The lowest BCUT2D eigenvalue weighted by Gasteiger charge is -2.39. The van der Waals surface area contributed by atoms with E-state index in [1.165, 1.54) is 12.8 Å². The predicted octanol–water partition coefficient (Wildman–Crippen LogP) is 2.84. The molecule has 19 heavy (non-hydrogen) atoms. The zero-order chi connectivity index (χ0) is 14.6. The van der Waals surface area contributed by atoms with Gasteiger partial charge in [0.1, 0.15) is 6.10 Å². The van der Waals surface area contributed by atoms with Crippen molar-refractivity contribution in [2.75, 3.05) is 21.1 Å². The molecule has 110 valence electrons. The molecule has 0 spiro atoms. The van der Waals surface area contributed by atoms with Crippen molar-refractivity contribution in [1.82, 2.24) is 0 Å². The van der Waals surface area contributed by atoms with Crippen LogP contribution >= 0.6 is 0 Å². The van der Waals surface area contributed by atoms with Gasteiger partial charge in [-0.05, 0) is 37.5 Å². The van der Waals surface area contributed by atoms with Gasteiger partial charge in [0.15, 0.2) is 6.04 Å². The summed E-state index contributed by atoms with van der Waals surface area (Å²) in [6.07, 6.45) is 3.66. The summed E-state index contributed by atoms with van der Waals surface area (Å²) in [6, 6.07) is -0.106. The maximum atomic E-state index is 12.3. The molecule has 0 N–H and O–H groups in total. The van der Waals surface area contributed by atoms with Crippen molar-refractivity contribution in [2.45, 2.75) is 59.1 Å². The van der Waals surface area contributed by atoms with Crippen LogP contribution in [0.3, 0.4) is 0 Å². The van der Waals surface area contributed by atoms with Crippen molar-refractivity contribution in [3.05, 3.63) is 0 Å². The zero-order valence-electron chi connectivity index (χ0n) is 13.6. The zero-order valence-corrected chi connectivity index (χ0v) is 13.6. The van der Waals surface area contributed by atoms with E-state index in [0.717, 1.165) is 12.3 Å². The van der Waals surface area contributed by atoms with Crippen LogP contribution in [0, 0.1) is 16.7 Å². The average molecular weight is 268 g/mol. The maximum Gasteiger partial charge on any atom is 0.364 e. The monoisotopic (exact) mass is 268 g/mol. The largest absolute Gasteiger partial charge is 0.457 e. The third-order valence-corrected chi connectivity index (χ3v) is 6.48. The Morgan fingerprint density at radius 1 is 1.26 bits per heavy atom. The summed E-state index contributed by atoms with van der Waals surface area (Å²) in [5, 5.41) is 0. The van der Waals surface area contributed by atoms with Crippen LogP contribution in [0.15, 0.2) is 0 Å². The molecule has 0 aliphatic heterocycles. The number of ether oxygens (including phenoxy) is 1. The second-order valence-corrected chi connectivity index (χ2v) is 8.33. The van der Waals surface area contributed by atoms with Crippen LogP contribution in [0.1, 0.15) is 47.0 Å². The normalized spacial score (nSPS) is 38.3. The molecule has 0 radical (unpaired) electrons. The second-order valence-electron chi connectivity index (χ2n) is 8.33. The second kappa shape index (κ2) is 4.21. The molecule has 2 saturated carbocycles. The highest BCUT2D eigenvalue weighted by Crippen LogP contribution is 2.66. The van der Waals surface area contributed by atoms with E-state index < -0.39 is 0 Å². The van der Waals surface area contributed by atoms with Gasteiger partial charge >= 0.3 is 5.97 Å². The molecule has 2 aliphatic rings. The first-order chi connectivity index (χ1) is 8.50. The SMILES string of the molecule is C[C@H](C(=O)O[C@@H]1C[C@@H]2CC[C@]1(C)C2(C)C)[N+](C)(C)C. The van der Waals surface area contributed by atoms with Crippen LogP contribution in [0.5, 0.6) is 0 Å². The molecule has 0 aromatic carbocycles. The Balaban J connectivity index is 2.09. The molecule has 2 aliphatic carbocycles. The number of carbonyl (C=O) groups excluding carboxylic acids is 1. The Hall–Kier alpha value is -0.570. The minimum atomic E-state index is -0.106. The van der Waals surface area contributed by atoms with Crippen LogP contribution in [-0.2, 0) is 9.53 Å². The molecule has 0 amide bonds. The topological polar surface area (TPSA) is 26.3 Å². The van der Waals surface area contributed by atoms with Gasteiger partial charge in [-0.1, -0.05) is 20.8 Å². The van der Waals surface area contributed by atoms with Gasteiger partial charge in [-0.3, -0.25) is 0 Å². The molecule has 2 rings (SSSR count). The Morgan fingerprint density at radius 2 is 1.84 bits per heavy atom. The molecular formula is C16H30NO2+. The van der Waals surface area contributed by atoms with Gasteiger partial charge in [0.2, 0.25) is 0 Å². The van der Waals surface area contributed by atoms with E-state index in [9.17, 15) is 4.79 Å². The fourth-order valence-electron chi connectivity index (χ4n) is 3.86. The van der Waals surface area contributed by atoms with E-state index in [1.54, 1.807) is 0 Å². The van der Waals surface area contributed by atoms with Gasteiger partial charge in [-0.25, -0.2) is 4.79 Å². The molecule has 0 unspecified atom stereocenters. The summed E-state index contributed by atoms with van der Waals surface area (Å²) in [5.74, 6) is 0.678. The van der Waals surface area contributed by atoms with Crippen LogP contribution in [0.4, 0.5) is 0 Å². The number of quaternary nitrogens is 1. The van der Waals surface area contributed by atoms with Crippen molar-refractivity contribution >= 4 is 5.97 Å². The van der Waals surface area contributed by atoms with E-state index in [-0.39, 0.29) is 23.5 Å². The van der Waals surface area contributed by atoms with Crippen molar-refractivity contribution < 1.29 is 14.0 Å². The lowest BCUT2D eigenvalue weighted by Crippen LogP contribution is -2.50. The molecular weight excluding hydrogens is 238 g/mol. The molecule has 0 aromatic rings. The number of fused-ring (bicyclic) bond motifs is 2. The molecule has 2 fully saturated rings. The number of likely N-dealkylation sites (N-methyl/N-ethyl adjacent to an activating group) is 1. The number of hydrogen-bond acceptors (Lipinski definition) is 2. The van der Waals surface area contributed by atoms with E-state index in [4.69, 9.17) is 4.74 Å². The van der Waals surface area contributed by atoms with Gasteiger partial charge in [0.25, 0.3) is 0 Å². The quantitative estimate of drug-likeness (QED) is 0.581. The number of hydrogen-bond donors (Lipinski definition) is 0. The summed E-state index contributed by atoms with van der Waals surface area (Å²) >= 11 is 0. The summed E-state index contributed by atoms with van der Waals surface area (Å²) in [5.41, 5.74) is 0.468. The van der Waals surface area contributed by atoms with Crippen LogP contribution < -0.4 is 0 Å². The molecule has 0 saturated heterocycles. The first-order valence-corrected chi connectivity index (χ1v) is 7.52. The minimum absolute atomic E-state index is 0.0397. The Kier molecular flexibility index (Phi) is 3.29. The lowest BCUT2D eigenvalue weighted by atomic mass is 9.70. The van der Waals surface area contributed by atoms with E-state index in [1.807, 2.05) is 28.1 Å². The molecule has 0 aromatic heterocycles. The van der Waals surface area contributed by atoms with E-state index in [0.29, 0.717) is 9.90 Å². The minimum Gasteiger partial charge on any atom is -0.457 e. The third kappa shape index (κ3) is 2.10. The van der Waals surface area contributed by atoms with Crippen LogP contribution in [0.25, 0.3) is 0 Å². The molecule has 4 atom stereocenters. The van der Waals surface area contributed by atoms with E-state index in [2.05, 4.69) is 20.8 Å². The fourth-order valence-corrected chi connectivity index (χ4v) is 3.86. The number of carbonyl (C=O) groups is 1. The van der Waals surface area contributed by atoms with E-state index >= 15 is 0 Å². The van der Waals surface area contributed by atoms with Crippen molar-refractivity contribution in [3.8, 4) is 0 Å². The highest BCUT2D eigenvalue weighted by molar-refractivity contribution is 5.74. The predicted molar refractivity (Wildman–Crippen MR) is 76.6 cm³/mol. The molecule has 3 nitrogen and oxygen atoms in total. The van der Waals surface area contributed by atoms with Crippen molar-refractivity contribution in [2.24, 2.45) is 16.7 Å².